The third-order valence-corrected chi connectivity index (χ3v) is 6.74. The van der Waals surface area contributed by atoms with Crippen molar-refractivity contribution in [1.29, 1.82) is 0 Å². The van der Waals surface area contributed by atoms with E-state index in [1.165, 1.54) is 21.9 Å². The Labute approximate surface area is 203 Å². The SMILES string of the molecule is Cc1cccnc1-n1c(SC(C)C(=O)NC(C)CCc2ccccc2)nc2ccccc2c1=O. The zero-order valence-corrected chi connectivity index (χ0v) is 20.4. The summed E-state index contributed by atoms with van der Waals surface area (Å²) in [5.74, 6) is 0.439. The van der Waals surface area contributed by atoms with E-state index >= 15 is 0 Å². The molecule has 1 N–H and O–H groups in total. The van der Waals surface area contributed by atoms with Gasteiger partial charge in [-0.2, -0.15) is 0 Å². The van der Waals surface area contributed by atoms with Crippen LogP contribution in [0.5, 0.6) is 0 Å². The predicted molar refractivity (Wildman–Crippen MR) is 138 cm³/mol. The molecule has 4 rings (SSSR count). The molecule has 0 aliphatic heterocycles. The third kappa shape index (κ3) is 5.37. The summed E-state index contributed by atoms with van der Waals surface area (Å²) in [6.45, 7) is 5.75. The number of hydrogen-bond donors (Lipinski definition) is 1. The molecule has 2 aromatic heterocycles. The first-order chi connectivity index (χ1) is 16.4. The van der Waals surface area contributed by atoms with Crippen LogP contribution in [0.4, 0.5) is 0 Å². The van der Waals surface area contributed by atoms with Crippen LogP contribution in [-0.2, 0) is 11.2 Å². The van der Waals surface area contributed by atoms with E-state index in [9.17, 15) is 9.59 Å². The van der Waals surface area contributed by atoms with Crippen molar-refractivity contribution in [3.63, 3.8) is 0 Å². The van der Waals surface area contributed by atoms with Crippen LogP contribution in [0.3, 0.4) is 0 Å². The Morgan fingerprint density at radius 2 is 1.76 bits per heavy atom. The number of rotatable bonds is 8. The number of benzene rings is 2. The average Bonchev–Trinajstić information content (AvgIpc) is 2.84. The fraction of sp³-hybridized carbons (Fsp3) is 0.259. The van der Waals surface area contributed by atoms with Crippen molar-refractivity contribution < 1.29 is 4.79 Å². The molecule has 0 saturated carbocycles. The topological polar surface area (TPSA) is 76.9 Å². The molecule has 4 aromatic rings. The summed E-state index contributed by atoms with van der Waals surface area (Å²) in [4.78, 5) is 35.6. The molecule has 0 aliphatic rings. The lowest BCUT2D eigenvalue weighted by Gasteiger charge is -2.19. The Hall–Kier alpha value is -3.45. The normalized spacial score (nSPS) is 12.9. The summed E-state index contributed by atoms with van der Waals surface area (Å²) in [6, 6.07) is 21.3. The van der Waals surface area contributed by atoms with Crippen LogP contribution in [0.15, 0.2) is 82.9 Å². The smallest absolute Gasteiger partial charge is 0.267 e. The highest BCUT2D eigenvalue weighted by Gasteiger charge is 2.22. The number of carbonyl (C=O) groups excluding carboxylic acids is 1. The number of carbonyl (C=O) groups is 1. The molecular formula is C27H28N4O2S. The second-order valence-corrected chi connectivity index (χ2v) is 9.70. The molecule has 2 aromatic carbocycles. The highest BCUT2D eigenvalue weighted by atomic mass is 32.2. The second-order valence-electron chi connectivity index (χ2n) is 8.39. The van der Waals surface area contributed by atoms with Crippen molar-refractivity contribution >= 4 is 28.6 Å². The Kier molecular flexibility index (Phi) is 7.43. The van der Waals surface area contributed by atoms with Gasteiger partial charge in [0.05, 0.1) is 16.2 Å². The summed E-state index contributed by atoms with van der Waals surface area (Å²) < 4.78 is 1.52. The molecule has 0 saturated heterocycles. The number of para-hydroxylation sites is 1. The number of hydrogen-bond acceptors (Lipinski definition) is 5. The van der Waals surface area contributed by atoms with E-state index in [0.29, 0.717) is 21.9 Å². The molecule has 174 valence electrons. The molecule has 0 aliphatic carbocycles. The summed E-state index contributed by atoms with van der Waals surface area (Å²) in [5, 5.41) is 3.63. The van der Waals surface area contributed by atoms with Gasteiger partial charge in [-0.05, 0) is 62.9 Å². The van der Waals surface area contributed by atoms with Crippen LogP contribution in [0.1, 0.15) is 31.4 Å². The maximum atomic E-state index is 13.4. The minimum absolute atomic E-state index is 0.0283. The van der Waals surface area contributed by atoms with Crippen LogP contribution < -0.4 is 10.9 Å². The van der Waals surface area contributed by atoms with E-state index in [4.69, 9.17) is 4.98 Å². The van der Waals surface area contributed by atoms with E-state index in [1.54, 1.807) is 12.3 Å². The minimum atomic E-state index is -0.442. The van der Waals surface area contributed by atoms with Crippen molar-refractivity contribution in [2.45, 2.75) is 50.1 Å². The molecule has 0 bridgehead atoms. The zero-order chi connectivity index (χ0) is 24.1. The van der Waals surface area contributed by atoms with E-state index in [-0.39, 0.29) is 17.5 Å². The second kappa shape index (κ2) is 10.7. The largest absolute Gasteiger partial charge is 0.353 e. The van der Waals surface area contributed by atoms with E-state index in [1.807, 2.05) is 69.3 Å². The molecule has 1 amide bonds. The first-order valence-electron chi connectivity index (χ1n) is 11.4. The summed E-state index contributed by atoms with van der Waals surface area (Å²) in [7, 11) is 0. The van der Waals surface area contributed by atoms with Gasteiger partial charge in [0.25, 0.3) is 5.56 Å². The number of pyridine rings is 1. The molecule has 2 heterocycles. The predicted octanol–water partition coefficient (Wildman–Crippen LogP) is 4.71. The number of fused-ring (bicyclic) bond motifs is 1. The number of aryl methyl sites for hydroxylation is 2. The number of thioether (sulfide) groups is 1. The maximum Gasteiger partial charge on any atom is 0.267 e. The van der Waals surface area contributed by atoms with E-state index in [0.717, 1.165) is 18.4 Å². The van der Waals surface area contributed by atoms with E-state index < -0.39 is 5.25 Å². The molecular weight excluding hydrogens is 444 g/mol. The van der Waals surface area contributed by atoms with Crippen LogP contribution in [0.2, 0.25) is 0 Å². The highest BCUT2D eigenvalue weighted by molar-refractivity contribution is 8.00. The first-order valence-corrected chi connectivity index (χ1v) is 12.3. The Morgan fingerprint density at radius 3 is 2.53 bits per heavy atom. The lowest BCUT2D eigenvalue weighted by molar-refractivity contribution is -0.120. The Morgan fingerprint density at radius 1 is 1.03 bits per heavy atom. The number of aromatic nitrogens is 3. The van der Waals surface area contributed by atoms with Crippen molar-refractivity contribution in [3.8, 4) is 5.82 Å². The average molecular weight is 473 g/mol. The van der Waals surface area contributed by atoms with Crippen molar-refractivity contribution in [2.75, 3.05) is 0 Å². The number of nitrogens with zero attached hydrogens (tertiary/aromatic N) is 3. The van der Waals surface area contributed by atoms with Gasteiger partial charge in [-0.15, -0.1) is 0 Å². The van der Waals surface area contributed by atoms with Crippen molar-refractivity contribution in [3.05, 3.63) is 94.4 Å². The fourth-order valence-electron chi connectivity index (χ4n) is 3.76. The molecule has 6 nitrogen and oxygen atoms in total. The summed E-state index contributed by atoms with van der Waals surface area (Å²) >= 11 is 1.27. The maximum absolute atomic E-state index is 13.4. The summed E-state index contributed by atoms with van der Waals surface area (Å²) in [6.07, 6.45) is 3.40. The van der Waals surface area contributed by atoms with Crippen LogP contribution >= 0.6 is 11.8 Å². The molecule has 0 fully saturated rings. The monoisotopic (exact) mass is 472 g/mol. The fourth-order valence-corrected chi connectivity index (χ4v) is 4.68. The first kappa shape index (κ1) is 23.7. The van der Waals surface area contributed by atoms with Gasteiger partial charge >= 0.3 is 0 Å². The molecule has 0 spiro atoms. The zero-order valence-electron chi connectivity index (χ0n) is 19.6. The molecule has 2 atom stereocenters. The van der Waals surface area contributed by atoms with Crippen molar-refractivity contribution in [1.82, 2.24) is 19.9 Å². The quantitative estimate of drug-likeness (QED) is 0.297. The number of amides is 1. The Balaban J connectivity index is 1.56. The van der Waals surface area contributed by atoms with Gasteiger partial charge < -0.3 is 5.32 Å². The van der Waals surface area contributed by atoms with Gasteiger partial charge in [-0.3, -0.25) is 9.59 Å². The van der Waals surface area contributed by atoms with Crippen molar-refractivity contribution in [2.24, 2.45) is 0 Å². The van der Waals surface area contributed by atoms with Crippen LogP contribution in [0.25, 0.3) is 16.7 Å². The van der Waals surface area contributed by atoms with Gasteiger partial charge in [0.1, 0.15) is 5.82 Å². The molecule has 7 heteroatoms. The minimum Gasteiger partial charge on any atom is -0.353 e. The highest BCUT2D eigenvalue weighted by Crippen LogP contribution is 2.25. The standard InChI is InChI=1S/C27H28N4O2S/c1-18-10-9-17-28-24(18)31-26(33)22-13-7-8-14-23(22)30-27(31)34-20(3)25(32)29-19(2)15-16-21-11-5-4-6-12-21/h4-14,17,19-20H,15-16H2,1-3H3,(H,29,32). The number of nitrogens with one attached hydrogen (secondary N) is 1. The Bertz CT molecular complexity index is 1350. The molecule has 0 radical (unpaired) electrons. The van der Waals surface area contributed by atoms with Gasteiger partial charge in [-0.25, -0.2) is 14.5 Å². The van der Waals surface area contributed by atoms with Crippen LogP contribution in [0, 0.1) is 6.92 Å². The van der Waals surface area contributed by atoms with Gasteiger partial charge in [0, 0.05) is 12.2 Å². The molecule has 2 unspecified atom stereocenters. The molecule has 34 heavy (non-hydrogen) atoms. The van der Waals surface area contributed by atoms with E-state index in [2.05, 4.69) is 22.4 Å². The third-order valence-electron chi connectivity index (χ3n) is 5.69. The van der Waals surface area contributed by atoms with Gasteiger partial charge in [0.2, 0.25) is 5.91 Å². The summed E-state index contributed by atoms with van der Waals surface area (Å²) in [5.41, 5.74) is 2.51. The van der Waals surface area contributed by atoms with Gasteiger partial charge in [-0.1, -0.05) is 60.3 Å². The lowest BCUT2D eigenvalue weighted by Crippen LogP contribution is -2.38. The van der Waals surface area contributed by atoms with Gasteiger partial charge in [0.15, 0.2) is 5.16 Å². The van der Waals surface area contributed by atoms with Crippen LogP contribution in [-0.4, -0.2) is 31.7 Å². The lowest BCUT2D eigenvalue weighted by atomic mass is 10.1.